The van der Waals surface area contributed by atoms with Crippen LogP contribution in [0.1, 0.15) is 40.7 Å². The molecule has 0 bridgehead atoms. The summed E-state index contributed by atoms with van der Waals surface area (Å²) in [5, 5.41) is 2.98. The van der Waals surface area contributed by atoms with Crippen LogP contribution in [0.4, 0.5) is 5.69 Å². The van der Waals surface area contributed by atoms with Crippen molar-refractivity contribution in [1.82, 2.24) is 0 Å². The van der Waals surface area contributed by atoms with Gasteiger partial charge in [0.05, 0.1) is 6.10 Å². The predicted molar refractivity (Wildman–Crippen MR) is 97.3 cm³/mol. The zero-order valence-electron chi connectivity index (χ0n) is 14.3. The molecule has 1 N–H and O–H groups in total. The van der Waals surface area contributed by atoms with E-state index in [1.54, 1.807) is 12.1 Å². The Bertz CT molecular complexity index is 748. The molecule has 1 heterocycles. The number of hydrogen-bond donors (Lipinski definition) is 1. The third-order valence-corrected chi connectivity index (χ3v) is 4.93. The van der Waals surface area contributed by atoms with Crippen LogP contribution in [0, 0.1) is 0 Å². The first kappa shape index (κ1) is 16.2. The largest absolute Gasteiger partial charge is 0.491 e. The summed E-state index contributed by atoms with van der Waals surface area (Å²) in [6, 6.07) is 13.5. The van der Waals surface area contributed by atoms with Gasteiger partial charge in [0.25, 0.3) is 5.91 Å². The number of amides is 1. The Kier molecular flexibility index (Phi) is 4.70. The number of nitrogens with one attached hydrogen (secondary N) is 1. The Hall–Kier alpha value is -2.33. The average Bonchev–Trinajstić information content (AvgIpc) is 3.31. The SMILES string of the molecule is O=C(Nc1ccc2c(c1)CCC2)c1ccc(OC[C@@H]2CCCO2)cc1. The van der Waals surface area contributed by atoms with E-state index in [0.717, 1.165) is 43.7 Å². The number of fused-ring (bicyclic) bond motifs is 1. The topological polar surface area (TPSA) is 47.6 Å². The minimum absolute atomic E-state index is 0.0939. The number of aryl methyl sites for hydroxylation is 2. The monoisotopic (exact) mass is 337 g/mol. The molecule has 4 heteroatoms. The molecule has 4 nitrogen and oxygen atoms in total. The molecule has 4 rings (SSSR count). The molecule has 1 aliphatic heterocycles. The molecule has 1 fully saturated rings. The summed E-state index contributed by atoms with van der Waals surface area (Å²) in [5.74, 6) is 0.674. The highest BCUT2D eigenvalue weighted by Gasteiger charge is 2.16. The van der Waals surface area contributed by atoms with Crippen molar-refractivity contribution in [3.63, 3.8) is 0 Å². The lowest BCUT2D eigenvalue weighted by atomic mass is 10.1. The van der Waals surface area contributed by atoms with Crippen LogP contribution < -0.4 is 10.1 Å². The van der Waals surface area contributed by atoms with E-state index in [4.69, 9.17) is 9.47 Å². The molecule has 0 radical (unpaired) electrons. The first-order valence-electron chi connectivity index (χ1n) is 9.05. The van der Waals surface area contributed by atoms with Crippen LogP contribution in [0.25, 0.3) is 0 Å². The standard InChI is InChI=1S/C21H23NO3/c23-21(22-18-9-6-15-3-1-4-17(15)13-18)16-7-10-19(11-8-16)25-14-20-5-2-12-24-20/h6-11,13,20H,1-5,12,14H2,(H,22,23)/t20-/m0/s1. The highest BCUT2D eigenvalue weighted by atomic mass is 16.5. The van der Waals surface area contributed by atoms with E-state index in [1.807, 2.05) is 18.2 Å². The maximum atomic E-state index is 12.4. The van der Waals surface area contributed by atoms with Gasteiger partial charge in [-0.2, -0.15) is 0 Å². The molecule has 2 aromatic carbocycles. The number of carbonyl (C=O) groups is 1. The smallest absolute Gasteiger partial charge is 0.255 e. The highest BCUT2D eigenvalue weighted by Crippen LogP contribution is 2.25. The minimum atomic E-state index is -0.0939. The fraction of sp³-hybridized carbons (Fsp3) is 0.381. The lowest BCUT2D eigenvalue weighted by Crippen LogP contribution is -2.16. The van der Waals surface area contributed by atoms with Crippen molar-refractivity contribution in [3.05, 3.63) is 59.2 Å². The molecule has 1 saturated heterocycles. The van der Waals surface area contributed by atoms with Crippen molar-refractivity contribution >= 4 is 11.6 Å². The molecule has 25 heavy (non-hydrogen) atoms. The summed E-state index contributed by atoms with van der Waals surface area (Å²) >= 11 is 0. The summed E-state index contributed by atoms with van der Waals surface area (Å²) in [4.78, 5) is 12.4. The third-order valence-electron chi connectivity index (χ3n) is 4.93. The summed E-state index contributed by atoms with van der Waals surface area (Å²) in [7, 11) is 0. The van der Waals surface area contributed by atoms with Crippen molar-refractivity contribution < 1.29 is 14.3 Å². The molecular weight excluding hydrogens is 314 g/mol. The van der Waals surface area contributed by atoms with Gasteiger partial charge >= 0.3 is 0 Å². The molecule has 1 amide bonds. The molecule has 0 aromatic heterocycles. The van der Waals surface area contributed by atoms with Crippen LogP contribution >= 0.6 is 0 Å². The molecule has 0 spiro atoms. The fourth-order valence-corrected chi connectivity index (χ4v) is 3.52. The Labute approximate surface area is 148 Å². The normalized spacial score (nSPS) is 18.8. The van der Waals surface area contributed by atoms with Gasteiger partial charge in [-0.1, -0.05) is 6.07 Å². The lowest BCUT2D eigenvalue weighted by Gasteiger charge is -2.12. The van der Waals surface area contributed by atoms with Crippen molar-refractivity contribution in [1.29, 1.82) is 0 Å². The molecule has 2 aromatic rings. The second-order valence-electron chi connectivity index (χ2n) is 6.76. The molecule has 0 saturated carbocycles. The Balaban J connectivity index is 1.35. The number of rotatable bonds is 5. The quantitative estimate of drug-likeness (QED) is 0.897. The van der Waals surface area contributed by atoms with E-state index in [-0.39, 0.29) is 12.0 Å². The summed E-state index contributed by atoms with van der Waals surface area (Å²) < 4.78 is 11.3. The minimum Gasteiger partial charge on any atom is -0.491 e. The van der Waals surface area contributed by atoms with Gasteiger partial charge in [0.15, 0.2) is 0 Å². The number of anilines is 1. The zero-order valence-corrected chi connectivity index (χ0v) is 14.3. The summed E-state index contributed by atoms with van der Waals surface area (Å²) in [5.41, 5.74) is 4.26. The fourth-order valence-electron chi connectivity index (χ4n) is 3.52. The van der Waals surface area contributed by atoms with Crippen molar-refractivity contribution in [2.45, 2.75) is 38.2 Å². The zero-order chi connectivity index (χ0) is 17.1. The Morgan fingerprint density at radius 2 is 1.92 bits per heavy atom. The third kappa shape index (κ3) is 3.85. The van der Waals surface area contributed by atoms with Gasteiger partial charge in [-0.3, -0.25) is 4.79 Å². The van der Waals surface area contributed by atoms with E-state index in [2.05, 4.69) is 17.4 Å². The second kappa shape index (κ2) is 7.28. The van der Waals surface area contributed by atoms with Crippen LogP contribution in [-0.2, 0) is 17.6 Å². The highest BCUT2D eigenvalue weighted by molar-refractivity contribution is 6.04. The van der Waals surface area contributed by atoms with E-state index in [9.17, 15) is 4.79 Å². The van der Waals surface area contributed by atoms with Gasteiger partial charge in [-0.15, -0.1) is 0 Å². The number of hydrogen-bond acceptors (Lipinski definition) is 3. The summed E-state index contributed by atoms with van der Waals surface area (Å²) in [6.07, 6.45) is 5.83. The van der Waals surface area contributed by atoms with Crippen LogP contribution in [0.2, 0.25) is 0 Å². The van der Waals surface area contributed by atoms with E-state index in [1.165, 1.54) is 17.5 Å². The van der Waals surface area contributed by atoms with Crippen molar-refractivity contribution in [3.8, 4) is 5.75 Å². The molecule has 1 aliphatic carbocycles. The van der Waals surface area contributed by atoms with Gasteiger partial charge in [0.2, 0.25) is 0 Å². The second-order valence-corrected chi connectivity index (χ2v) is 6.76. The first-order chi connectivity index (χ1) is 12.3. The summed E-state index contributed by atoms with van der Waals surface area (Å²) in [6.45, 7) is 1.40. The van der Waals surface area contributed by atoms with E-state index >= 15 is 0 Å². The van der Waals surface area contributed by atoms with E-state index < -0.39 is 0 Å². The van der Waals surface area contributed by atoms with Gasteiger partial charge in [0, 0.05) is 17.9 Å². The maximum Gasteiger partial charge on any atom is 0.255 e. The van der Waals surface area contributed by atoms with Crippen LogP contribution in [0.3, 0.4) is 0 Å². The molecule has 2 aliphatic rings. The number of ether oxygens (including phenoxy) is 2. The van der Waals surface area contributed by atoms with Crippen molar-refractivity contribution in [2.75, 3.05) is 18.5 Å². The van der Waals surface area contributed by atoms with Gasteiger partial charge < -0.3 is 14.8 Å². The number of carbonyl (C=O) groups excluding carboxylic acids is 1. The van der Waals surface area contributed by atoms with Gasteiger partial charge in [-0.25, -0.2) is 0 Å². The lowest BCUT2D eigenvalue weighted by molar-refractivity contribution is 0.0679. The molecule has 0 unspecified atom stereocenters. The van der Waals surface area contributed by atoms with Gasteiger partial charge in [0.1, 0.15) is 12.4 Å². The maximum absolute atomic E-state index is 12.4. The average molecular weight is 337 g/mol. The van der Waals surface area contributed by atoms with Crippen LogP contribution in [0.5, 0.6) is 5.75 Å². The molecular formula is C21H23NO3. The Morgan fingerprint density at radius 3 is 2.72 bits per heavy atom. The van der Waals surface area contributed by atoms with Gasteiger partial charge in [-0.05, 0) is 79.6 Å². The van der Waals surface area contributed by atoms with Crippen LogP contribution in [-0.4, -0.2) is 25.2 Å². The predicted octanol–water partition coefficient (Wildman–Crippen LogP) is 3.99. The van der Waals surface area contributed by atoms with E-state index in [0.29, 0.717) is 12.2 Å². The first-order valence-corrected chi connectivity index (χ1v) is 9.05. The van der Waals surface area contributed by atoms with Crippen LogP contribution in [0.15, 0.2) is 42.5 Å². The number of benzene rings is 2. The molecule has 130 valence electrons. The molecule has 1 atom stereocenters. The Morgan fingerprint density at radius 1 is 1.08 bits per heavy atom. The van der Waals surface area contributed by atoms with Crippen molar-refractivity contribution in [2.24, 2.45) is 0 Å².